The van der Waals surface area contributed by atoms with Crippen molar-refractivity contribution in [3.8, 4) is 11.5 Å². The van der Waals surface area contributed by atoms with Crippen molar-refractivity contribution in [3.05, 3.63) is 47.5 Å². The van der Waals surface area contributed by atoms with Gasteiger partial charge in [-0.05, 0) is 25.2 Å². The minimum absolute atomic E-state index is 0.00919. The molecule has 0 saturated heterocycles. The van der Waals surface area contributed by atoms with Crippen LogP contribution in [0.5, 0.6) is 11.5 Å². The highest BCUT2D eigenvalue weighted by atomic mass is 35.5. The van der Waals surface area contributed by atoms with Gasteiger partial charge in [-0.2, -0.15) is 0 Å². The lowest BCUT2D eigenvalue weighted by Gasteiger charge is -2.17. The van der Waals surface area contributed by atoms with E-state index in [0.717, 1.165) is 0 Å². The van der Waals surface area contributed by atoms with E-state index >= 15 is 0 Å². The van der Waals surface area contributed by atoms with Crippen LogP contribution >= 0.6 is 11.6 Å². The fraction of sp³-hybridized carbons (Fsp3) is 0.286. The van der Waals surface area contributed by atoms with Crippen LogP contribution in [-0.4, -0.2) is 61.7 Å². The second kappa shape index (κ2) is 10.2. The van der Waals surface area contributed by atoms with Gasteiger partial charge in [0.05, 0.1) is 29.9 Å². The van der Waals surface area contributed by atoms with Gasteiger partial charge in [0.2, 0.25) is 5.91 Å². The maximum atomic E-state index is 14.3. The summed E-state index contributed by atoms with van der Waals surface area (Å²) in [6.45, 7) is 1.12. The molecule has 1 amide bonds. The van der Waals surface area contributed by atoms with Crippen LogP contribution in [-0.2, 0) is 4.79 Å². The van der Waals surface area contributed by atoms with Gasteiger partial charge in [-0.15, -0.1) is 0 Å². The molecule has 10 heteroatoms. The molecule has 1 aromatic heterocycles. The average Bonchev–Trinajstić information content (AvgIpc) is 2.76. The standard InChI is InChI=1S/C21H23ClFN5O3/c1-24-19(29)11-28(2)7-8-31-18-9-13-16(10-17(18)30-3)25-12-26-21(13)27-15-6-4-5-14(22)20(15)23/h4-6,9-10,12H,7-8,11H2,1-3H3,(H,24,29)(H,25,26,27). The number of benzene rings is 2. The second-order valence-corrected chi connectivity index (χ2v) is 7.14. The Morgan fingerprint density at radius 3 is 2.81 bits per heavy atom. The Bertz CT molecular complexity index is 1080. The molecule has 2 aromatic carbocycles. The molecule has 0 fully saturated rings. The van der Waals surface area contributed by atoms with Crippen molar-refractivity contribution >= 4 is 39.9 Å². The normalized spacial score (nSPS) is 10.9. The summed E-state index contributed by atoms with van der Waals surface area (Å²) in [7, 11) is 4.95. The molecule has 3 rings (SSSR count). The smallest absolute Gasteiger partial charge is 0.233 e. The van der Waals surface area contributed by atoms with E-state index < -0.39 is 5.82 Å². The summed E-state index contributed by atoms with van der Waals surface area (Å²) in [5.74, 6) is 0.732. The van der Waals surface area contributed by atoms with Crippen LogP contribution < -0.4 is 20.1 Å². The molecule has 0 aliphatic carbocycles. The third kappa shape index (κ3) is 5.50. The molecule has 164 valence electrons. The number of nitrogens with one attached hydrogen (secondary N) is 2. The third-order valence-electron chi connectivity index (χ3n) is 4.55. The van der Waals surface area contributed by atoms with Gasteiger partial charge in [0.25, 0.3) is 0 Å². The Morgan fingerprint density at radius 2 is 2.06 bits per heavy atom. The minimum Gasteiger partial charge on any atom is -0.493 e. The van der Waals surface area contributed by atoms with Gasteiger partial charge in [0.1, 0.15) is 18.8 Å². The van der Waals surface area contributed by atoms with Crippen molar-refractivity contribution in [1.29, 1.82) is 0 Å². The molecule has 0 radical (unpaired) electrons. The first-order valence-electron chi connectivity index (χ1n) is 9.48. The Kier molecular flexibility index (Phi) is 7.43. The molecule has 1 heterocycles. The van der Waals surface area contributed by atoms with Crippen LogP contribution in [0.25, 0.3) is 10.9 Å². The van der Waals surface area contributed by atoms with Crippen molar-refractivity contribution in [3.63, 3.8) is 0 Å². The third-order valence-corrected chi connectivity index (χ3v) is 4.84. The molecule has 0 aliphatic rings. The van der Waals surface area contributed by atoms with Crippen molar-refractivity contribution in [2.75, 3.05) is 46.2 Å². The number of fused-ring (bicyclic) bond motifs is 1. The zero-order valence-electron chi connectivity index (χ0n) is 17.4. The molecule has 0 unspecified atom stereocenters. The number of nitrogens with zero attached hydrogens (tertiary/aromatic N) is 3. The maximum Gasteiger partial charge on any atom is 0.233 e. The summed E-state index contributed by atoms with van der Waals surface area (Å²) >= 11 is 5.87. The Hall–Kier alpha value is -3.17. The van der Waals surface area contributed by atoms with Gasteiger partial charge in [-0.1, -0.05) is 17.7 Å². The number of ether oxygens (including phenoxy) is 2. The molecule has 0 spiro atoms. The number of likely N-dealkylation sites (N-methyl/N-ethyl adjacent to an activating group) is 2. The van der Waals surface area contributed by atoms with Gasteiger partial charge >= 0.3 is 0 Å². The van der Waals surface area contributed by atoms with Gasteiger partial charge < -0.3 is 20.1 Å². The summed E-state index contributed by atoms with van der Waals surface area (Å²) < 4.78 is 25.6. The first kappa shape index (κ1) is 22.5. The number of rotatable bonds is 9. The minimum atomic E-state index is -0.569. The SMILES string of the molecule is CNC(=O)CN(C)CCOc1cc2c(Nc3cccc(Cl)c3F)ncnc2cc1OC. The van der Waals surface area contributed by atoms with Gasteiger partial charge in [-0.3, -0.25) is 9.69 Å². The van der Waals surface area contributed by atoms with Crippen LogP contribution in [0.1, 0.15) is 0 Å². The summed E-state index contributed by atoms with van der Waals surface area (Å²) in [4.78, 5) is 21.8. The van der Waals surface area contributed by atoms with Crippen molar-refractivity contribution < 1.29 is 18.7 Å². The number of halogens is 2. The quantitative estimate of drug-likeness (QED) is 0.520. The molecule has 31 heavy (non-hydrogen) atoms. The number of methoxy groups -OCH3 is 1. The van der Waals surface area contributed by atoms with Gasteiger partial charge in [0, 0.05) is 25.0 Å². The molecule has 8 nitrogen and oxygen atoms in total. The molecular weight excluding hydrogens is 425 g/mol. The summed E-state index contributed by atoms with van der Waals surface area (Å²) in [5, 5.41) is 6.17. The lowest BCUT2D eigenvalue weighted by Crippen LogP contribution is -2.35. The first-order chi connectivity index (χ1) is 14.9. The topological polar surface area (TPSA) is 88.6 Å². The van der Waals surface area contributed by atoms with Crippen LogP contribution in [0.15, 0.2) is 36.7 Å². The van der Waals surface area contributed by atoms with E-state index in [1.54, 1.807) is 31.3 Å². The lowest BCUT2D eigenvalue weighted by molar-refractivity contribution is -0.121. The highest BCUT2D eigenvalue weighted by molar-refractivity contribution is 6.31. The molecule has 0 saturated carbocycles. The van der Waals surface area contributed by atoms with E-state index in [0.29, 0.717) is 41.4 Å². The molecule has 0 bridgehead atoms. The molecule has 0 aliphatic heterocycles. The fourth-order valence-corrected chi connectivity index (χ4v) is 3.05. The number of amides is 1. The second-order valence-electron chi connectivity index (χ2n) is 6.73. The van der Waals surface area contributed by atoms with E-state index in [9.17, 15) is 9.18 Å². The number of hydrogen-bond donors (Lipinski definition) is 2. The molecular formula is C21H23ClFN5O3. The summed E-state index contributed by atoms with van der Waals surface area (Å²) in [6.07, 6.45) is 1.38. The van der Waals surface area contributed by atoms with Gasteiger partial charge in [-0.25, -0.2) is 14.4 Å². The van der Waals surface area contributed by atoms with Crippen LogP contribution in [0, 0.1) is 5.82 Å². The number of carbonyl (C=O) groups excluding carboxylic acids is 1. The molecule has 2 N–H and O–H groups in total. The predicted molar refractivity (Wildman–Crippen MR) is 118 cm³/mol. The zero-order valence-corrected chi connectivity index (χ0v) is 18.2. The number of hydrogen-bond acceptors (Lipinski definition) is 7. The van der Waals surface area contributed by atoms with E-state index in [-0.39, 0.29) is 23.2 Å². The number of anilines is 2. The van der Waals surface area contributed by atoms with Crippen LogP contribution in [0.2, 0.25) is 5.02 Å². The van der Waals surface area contributed by atoms with E-state index in [1.165, 1.54) is 19.5 Å². The highest BCUT2D eigenvalue weighted by Gasteiger charge is 2.14. The Labute approximate surface area is 184 Å². The number of aromatic nitrogens is 2. The van der Waals surface area contributed by atoms with Crippen LogP contribution in [0.3, 0.4) is 0 Å². The van der Waals surface area contributed by atoms with Crippen molar-refractivity contribution in [2.45, 2.75) is 0 Å². The Morgan fingerprint density at radius 1 is 1.26 bits per heavy atom. The first-order valence-corrected chi connectivity index (χ1v) is 9.86. The van der Waals surface area contributed by atoms with E-state index in [2.05, 4.69) is 20.6 Å². The molecule has 0 atom stereocenters. The van der Waals surface area contributed by atoms with E-state index in [1.807, 2.05) is 11.9 Å². The van der Waals surface area contributed by atoms with Gasteiger partial charge in [0.15, 0.2) is 17.3 Å². The lowest BCUT2D eigenvalue weighted by atomic mass is 10.2. The van der Waals surface area contributed by atoms with E-state index in [4.69, 9.17) is 21.1 Å². The largest absolute Gasteiger partial charge is 0.493 e. The zero-order chi connectivity index (χ0) is 22.4. The molecule has 3 aromatic rings. The Balaban J connectivity index is 1.84. The summed E-state index contributed by atoms with van der Waals surface area (Å²) in [5.41, 5.74) is 0.794. The summed E-state index contributed by atoms with van der Waals surface area (Å²) in [6, 6.07) is 8.14. The monoisotopic (exact) mass is 447 g/mol. The van der Waals surface area contributed by atoms with Crippen LogP contribution in [0.4, 0.5) is 15.9 Å². The average molecular weight is 448 g/mol. The number of carbonyl (C=O) groups is 1. The predicted octanol–water partition coefficient (Wildman–Crippen LogP) is 3.23. The fourth-order valence-electron chi connectivity index (χ4n) is 2.88. The van der Waals surface area contributed by atoms with Crippen molar-refractivity contribution in [1.82, 2.24) is 20.2 Å². The highest BCUT2D eigenvalue weighted by Crippen LogP contribution is 2.35. The van der Waals surface area contributed by atoms with Crippen molar-refractivity contribution in [2.24, 2.45) is 0 Å². The maximum absolute atomic E-state index is 14.3.